The van der Waals surface area contributed by atoms with Gasteiger partial charge in [0.25, 0.3) is 5.97 Å². The van der Waals surface area contributed by atoms with Crippen LogP contribution in [-0.4, -0.2) is 90.2 Å². The van der Waals surface area contributed by atoms with Crippen molar-refractivity contribution in [2.24, 2.45) is 0 Å². The fourth-order valence-corrected chi connectivity index (χ4v) is 4.19. The molecule has 16 heteroatoms. The summed E-state index contributed by atoms with van der Waals surface area (Å²) in [5.41, 5.74) is 4.91. The first-order chi connectivity index (χ1) is 17.9. The van der Waals surface area contributed by atoms with Crippen molar-refractivity contribution in [1.82, 2.24) is 9.55 Å². The Morgan fingerprint density at radius 3 is 2.45 bits per heavy atom. The van der Waals surface area contributed by atoms with Crippen LogP contribution in [0, 0.1) is 0 Å². The predicted octanol–water partition coefficient (Wildman–Crippen LogP) is -1.05. The number of hydrogen-bond acceptors (Lipinski definition) is 15. The lowest BCUT2D eigenvalue weighted by molar-refractivity contribution is -0.355. The van der Waals surface area contributed by atoms with E-state index in [0.717, 1.165) is 0 Å². The molecule has 38 heavy (non-hydrogen) atoms. The van der Waals surface area contributed by atoms with Gasteiger partial charge in [0.05, 0.1) is 6.61 Å². The molecular formula is C22H29N3O13. The topological polar surface area (TPSA) is 195 Å². The minimum Gasteiger partial charge on any atom is -0.463 e. The Morgan fingerprint density at radius 2 is 1.79 bits per heavy atom. The zero-order chi connectivity index (χ0) is 27.6. The van der Waals surface area contributed by atoms with Gasteiger partial charge >= 0.3 is 23.6 Å². The molecule has 6 unspecified atom stereocenters. The van der Waals surface area contributed by atoms with Gasteiger partial charge in [0.15, 0.2) is 37.1 Å². The second-order valence-electron chi connectivity index (χ2n) is 8.76. The lowest BCUT2D eigenvalue weighted by Crippen LogP contribution is -2.60. The molecule has 0 bridgehead atoms. The van der Waals surface area contributed by atoms with Crippen LogP contribution in [0.5, 0.6) is 0 Å². The van der Waals surface area contributed by atoms with Crippen molar-refractivity contribution in [3.05, 3.63) is 22.7 Å². The number of nitrogens with two attached hydrogens (primary N) is 1. The van der Waals surface area contributed by atoms with E-state index in [1.165, 1.54) is 44.5 Å². The minimum absolute atomic E-state index is 0.0444. The van der Waals surface area contributed by atoms with Crippen molar-refractivity contribution in [2.45, 2.75) is 76.9 Å². The molecule has 4 rings (SSSR count). The summed E-state index contributed by atoms with van der Waals surface area (Å²) in [7, 11) is 0. The summed E-state index contributed by atoms with van der Waals surface area (Å²) in [4.78, 5) is 50.7. The number of carbonyl (C=O) groups excluding carboxylic acids is 3. The van der Waals surface area contributed by atoms with Crippen LogP contribution < -0.4 is 11.4 Å². The number of aromatic nitrogens is 2. The first kappa shape index (κ1) is 27.9. The maximum Gasteiger partial charge on any atom is 0.351 e. The molecule has 0 radical (unpaired) electrons. The Morgan fingerprint density at radius 1 is 1.08 bits per heavy atom. The average Bonchev–Trinajstić information content (AvgIpc) is 3.42. The zero-order valence-corrected chi connectivity index (χ0v) is 21.1. The molecular weight excluding hydrogens is 514 g/mol. The Balaban J connectivity index is 1.43. The Hall–Kier alpha value is -3.15. The molecule has 0 amide bonds. The molecule has 0 saturated carbocycles. The summed E-state index contributed by atoms with van der Waals surface area (Å²) in [6, 6.07) is 1.45. The monoisotopic (exact) mass is 543 g/mol. The molecule has 8 atom stereocenters. The molecule has 4 heterocycles. The van der Waals surface area contributed by atoms with E-state index in [1.807, 2.05) is 0 Å². The quantitative estimate of drug-likeness (QED) is 0.308. The van der Waals surface area contributed by atoms with Crippen molar-refractivity contribution in [2.75, 3.05) is 25.6 Å². The molecule has 210 valence electrons. The number of rotatable bonds is 8. The molecule has 0 spiro atoms. The molecule has 2 N–H and O–H groups in total. The van der Waals surface area contributed by atoms with E-state index in [0.29, 0.717) is 0 Å². The molecule has 3 saturated heterocycles. The third kappa shape index (κ3) is 6.46. The molecule has 0 aliphatic carbocycles. The van der Waals surface area contributed by atoms with E-state index in [1.54, 1.807) is 0 Å². The van der Waals surface area contributed by atoms with E-state index >= 15 is 0 Å². The van der Waals surface area contributed by atoms with E-state index in [9.17, 15) is 19.2 Å². The van der Waals surface area contributed by atoms with Gasteiger partial charge in [0.2, 0.25) is 0 Å². The van der Waals surface area contributed by atoms with Crippen LogP contribution in [0.4, 0.5) is 5.82 Å². The number of nitrogen functional groups attached to an aromatic ring is 1. The van der Waals surface area contributed by atoms with Crippen molar-refractivity contribution >= 4 is 23.7 Å². The van der Waals surface area contributed by atoms with Gasteiger partial charge in [0, 0.05) is 33.9 Å². The number of carbonyl (C=O) groups is 3. The molecule has 3 aliphatic heterocycles. The standard InChI is InChI=1S/C22H29N3O13/c1-10(26)30-7-13-17(33-11(2)27)18(34-12(3)28)19-20(35-13)38-22(4,37-19)32-9-16-31-8-15(36-16)25-6-5-14(23)24-21(25)29/h5-6,13,15-20H,7-9H2,1-4H3,(H2,23,24,29)/t13?,15-,16-,17?,18?,19?,20?,22?/m0/s1. The van der Waals surface area contributed by atoms with Crippen LogP contribution in [0.3, 0.4) is 0 Å². The minimum atomic E-state index is -1.73. The van der Waals surface area contributed by atoms with E-state index in [-0.39, 0.29) is 25.6 Å². The fourth-order valence-electron chi connectivity index (χ4n) is 4.19. The second-order valence-corrected chi connectivity index (χ2v) is 8.76. The van der Waals surface area contributed by atoms with Gasteiger partial charge in [0.1, 0.15) is 25.1 Å². The van der Waals surface area contributed by atoms with E-state index < -0.39 is 72.8 Å². The predicted molar refractivity (Wildman–Crippen MR) is 119 cm³/mol. The Kier molecular flexibility index (Phi) is 8.29. The maximum absolute atomic E-state index is 12.1. The lowest BCUT2D eigenvalue weighted by Gasteiger charge is -2.40. The highest BCUT2D eigenvalue weighted by molar-refractivity contribution is 5.68. The molecule has 3 fully saturated rings. The number of hydrogen-bond donors (Lipinski definition) is 1. The summed E-state index contributed by atoms with van der Waals surface area (Å²) >= 11 is 0. The third-order valence-corrected chi connectivity index (χ3v) is 5.70. The molecule has 0 aromatic carbocycles. The van der Waals surface area contributed by atoms with Crippen molar-refractivity contribution in [1.29, 1.82) is 0 Å². The van der Waals surface area contributed by atoms with Gasteiger partial charge in [-0.1, -0.05) is 0 Å². The van der Waals surface area contributed by atoms with Crippen LogP contribution in [0.2, 0.25) is 0 Å². The number of esters is 3. The summed E-state index contributed by atoms with van der Waals surface area (Å²) in [6.07, 6.45) is -5.80. The van der Waals surface area contributed by atoms with E-state index in [2.05, 4.69) is 4.98 Å². The van der Waals surface area contributed by atoms with Crippen LogP contribution in [0.1, 0.15) is 33.9 Å². The number of ether oxygens (including phenoxy) is 9. The lowest BCUT2D eigenvalue weighted by atomic mass is 9.98. The zero-order valence-electron chi connectivity index (χ0n) is 21.1. The first-order valence-corrected chi connectivity index (χ1v) is 11.7. The third-order valence-electron chi connectivity index (χ3n) is 5.70. The van der Waals surface area contributed by atoms with Crippen LogP contribution >= 0.6 is 0 Å². The van der Waals surface area contributed by atoms with Gasteiger partial charge in [-0.25, -0.2) is 4.79 Å². The Labute approximate surface area is 216 Å². The highest BCUT2D eigenvalue weighted by Crippen LogP contribution is 2.40. The van der Waals surface area contributed by atoms with Gasteiger partial charge < -0.3 is 43.6 Å². The summed E-state index contributed by atoms with van der Waals surface area (Å²) in [5, 5.41) is 0. The molecule has 1 aromatic heterocycles. The van der Waals surface area contributed by atoms with Crippen LogP contribution in [0.25, 0.3) is 0 Å². The first-order valence-electron chi connectivity index (χ1n) is 11.7. The smallest absolute Gasteiger partial charge is 0.351 e. The maximum atomic E-state index is 12.1. The largest absolute Gasteiger partial charge is 0.463 e. The highest BCUT2D eigenvalue weighted by atomic mass is 16.9. The molecule has 3 aliphatic rings. The van der Waals surface area contributed by atoms with Crippen molar-refractivity contribution in [3.63, 3.8) is 0 Å². The molecule has 1 aromatic rings. The summed E-state index contributed by atoms with van der Waals surface area (Å²) < 4.78 is 51.7. The summed E-state index contributed by atoms with van der Waals surface area (Å²) in [6.45, 7) is 4.54. The second kappa shape index (κ2) is 11.3. The van der Waals surface area contributed by atoms with Gasteiger partial charge in [-0.15, -0.1) is 0 Å². The van der Waals surface area contributed by atoms with Gasteiger partial charge in [-0.3, -0.25) is 23.7 Å². The van der Waals surface area contributed by atoms with Crippen molar-refractivity contribution < 1.29 is 57.0 Å². The normalized spacial score (nSPS) is 34.4. The highest BCUT2D eigenvalue weighted by Gasteiger charge is 2.59. The number of nitrogens with zero attached hydrogens (tertiary/aromatic N) is 2. The fraction of sp³-hybridized carbons (Fsp3) is 0.682. The Bertz CT molecular complexity index is 1110. The number of anilines is 1. The van der Waals surface area contributed by atoms with E-state index in [4.69, 9.17) is 48.4 Å². The SMILES string of the molecule is CC(=O)OCC1OC2OC(C)(OC[C@H]3OC[C@@H](n4ccc(N)nc4=O)O3)OC2C(OC(C)=O)C1OC(C)=O. The van der Waals surface area contributed by atoms with Crippen LogP contribution in [0.15, 0.2) is 17.1 Å². The van der Waals surface area contributed by atoms with Gasteiger partial charge in [-0.2, -0.15) is 4.98 Å². The summed E-state index contributed by atoms with van der Waals surface area (Å²) in [5.74, 6) is -3.60. The van der Waals surface area contributed by atoms with Crippen molar-refractivity contribution in [3.8, 4) is 0 Å². The number of fused-ring (bicyclic) bond motifs is 1. The average molecular weight is 543 g/mol. The van der Waals surface area contributed by atoms with Gasteiger partial charge in [-0.05, 0) is 6.07 Å². The molecule has 16 nitrogen and oxygen atoms in total. The van der Waals surface area contributed by atoms with Crippen LogP contribution in [-0.2, 0) is 57.0 Å².